The minimum atomic E-state index is -4.49. The van der Waals surface area contributed by atoms with Crippen molar-refractivity contribution in [2.75, 3.05) is 26.2 Å². The predicted octanol–water partition coefficient (Wildman–Crippen LogP) is 7.29. The second-order valence-corrected chi connectivity index (χ2v) is 12.7. The zero-order valence-electron chi connectivity index (χ0n) is 26.4. The van der Waals surface area contributed by atoms with Gasteiger partial charge in [0.05, 0.1) is 0 Å². The Morgan fingerprint density at radius 1 is 0.766 bits per heavy atom. The summed E-state index contributed by atoms with van der Waals surface area (Å²) in [5.41, 5.74) is 5.04. The van der Waals surface area contributed by atoms with Crippen LogP contribution in [0.15, 0.2) is 103 Å². The lowest BCUT2D eigenvalue weighted by Gasteiger charge is -2.33. The van der Waals surface area contributed by atoms with Crippen molar-refractivity contribution in [3.05, 3.63) is 131 Å². The Balaban J connectivity index is 1.05. The lowest BCUT2D eigenvalue weighted by Crippen LogP contribution is -2.47. The smallest absolute Gasteiger partial charge is 0.349 e. The van der Waals surface area contributed by atoms with Gasteiger partial charge in [-0.2, -0.15) is 13.2 Å². The molecule has 8 heteroatoms. The Labute approximate surface area is 274 Å². The third kappa shape index (κ3) is 7.28. The van der Waals surface area contributed by atoms with Crippen molar-refractivity contribution in [3.63, 3.8) is 0 Å². The number of hydrogen-bond donors (Lipinski definition) is 2. The fourth-order valence-corrected chi connectivity index (χ4v) is 7.29. The highest BCUT2D eigenvalue weighted by Crippen LogP contribution is 2.51. The Hall–Kier alpha value is -4.43. The van der Waals surface area contributed by atoms with Crippen LogP contribution < -0.4 is 10.6 Å². The molecular formula is C39H40F3N3O2. The van der Waals surface area contributed by atoms with Crippen LogP contribution >= 0.6 is 0 Å². The minimum absolute atomic E-state index is 0.0406. The van der Waals surface area contributed by atoms with Crippen molar-refractivity contribution in [3.8, 4) is 11.1 Å². The van der Waals surface area contributed by atoms with Crippen LogP contribution in [0.1, 0.15) is 64.7 Å². The summed E-state index contributed by atoms with van der Waals surface area (Å²) >= 11 is 0. The van der Waals surface area contributed by atoms with Crippen molar-refractivity contribution in [2.45, 2.75) is 56.2 Å². The number of carbonyl (C=O) groups is 2. The molecule has 0 aromatic heterocycles. The number of likely N-dealkylation sites (tertiary alicyclic amines) is 1. The van der Waals surface area contributed by atoms with Crippen LogP contribution in [-0.2, 0) is 16.6 Å². The number of benzene rings is 4. The lowest BCUT2D eigenvalue weighted by molar-refractivity contribution is -0.141. The van der Waals surface area contributed by atoms with E-state index < -0.39 is 24.0 Å². The second kappa shape index (κ2) is 14.1. The van der Waals surface area contributed by atoms with Gasteiger partial charge in [-0.3, -0.25) is 9.59 Å². The van der Waals surface area contributed by atoms with E-state index in [1.54, 1.807) is 0 Å². The number of piperidine rings is 1. The molecule has 1 saturated heterocycles. The highest BCUT2D eigenvalue weighted by molar-refractivity contribution is 6.00. The second-order valence-electron chi connectivity index (χ2n) is 12.7. The maximum atomic E-state index is 13.7. The maximum Gasteiger partial charge on any atom is 0.405 e. The number of nitrogens with one attached hydrogen (secondary N) is 2. The zero-order valence-corrected chi connectivity index (χ0v) is 26.4. The van der Waals surface area contributed by atoms with Crippen molar-refractivity contribution >= 4 is 11.8 Å². The normalized spacial score (nSPS) is 15.9. The molecule has 0 atom stereocenters. The van der Waals surface area contributed by atoms with E-state index in [0.717, 1.165) is 72.3 Å². The first-order valence-corrected chi connectivity index (χ1v) is 16.4. The molecule has 2 amide bonds. The van der Waals surface area contributed by atoms with E-state index in [1.165, 1.54) is 0 Å². The molecule has 1 heterocycles. The predicted molar refractivity (Wildman–Crippen MR) is 178 cm³/mol. The highest BCUT2D eigenvalue weighted by Gasteiger charge is 2.49. The van der Waals surface area contributed by atoms with Crippen LogP contribution in [0.4, 0.5) is 13.2 Å². The van der Waals surface area contributed by atoms with Crippen LogP contribution in [0, 0.1) is 0 Å². The minimum Gasteiger partial charge on any atom is -0.349 e. The number of halogens is 3. The third-order valence-corrected chi connectivity index (χ3v) is 9.60. The standard InChI is InChI=1S/C39H40F3N3O2/c40-39(41,42)27-43-37(47)38(34-18-8-6-16-32(34)33-17-7-9-19-35(33)38)22-10-11-23-45-24-20-30(21-25-45)44-36(46)31-15-5-4-14-29(31)26-28-12-2-1-3-13-28/h1-9,12-19,30H,10-11,20-27H2,(H,43,47)(H,44,46). The largest absolute Gasteiger partial charge is 0.405 e. The molecule has 6 rings (SSSR count). The topological polar surface area (TPSA) is 61.4 Å². The van der Waals surface area contributed by atoms with E-state index in [9.17, 15) is 22.8 Å². The van der Waals surface area contributed by atoms with Crippen molar-refractivity contribution in [1.29, 1.82) is 0 Å². The number of alkyl halides is 3. The number of carbonyl (C=O) groups excluding carboxylic acids is 2. The Morgan fingerprint density at radius 3 is 2.02 bits per heavy atom. The summed E-state index contributed by atoms with van der Waals surface area (Å²) in [7, 11) is 0. The number of amides is 2. The Morgan fingerprint density at radius 2 is 1.36 bits per heavy atom. The lowest BCUT2D eigenvalue weighted by atomic mass is 9.73. The molecule has 1 aliphatic carbocycles. The van der Waals surface area contributed by atoms with E-state index in [-0.39, 0.29) is 11.9 Å². The van der Waals surface area contributed by atoms with Crippen LogP contribution in [0.2, 0.25) is 0 Å². The summed E-state index contributed by atoms with van der Waals surface area (Å²) in [6, 6.07) is 33.1. The van der Waals surface area contributed by atoms with E-state index in [2.05, 4.69) is 27.7 Å². The van der Waals surface area contributed by atoms with E-state index in [4.69, 9.17) is 0 Å². The molecule has 0 saturated carbocycles. The monoisotopic (exact) mass is 639 g/mol. The maximum absolute atomic E-state index is 13.7. The van der Waals surface area contributed by atoms with Crippen LogP contribution in [0.5, 0.6) is 0 Å². The van der Waals surface area contributed by atoms with Gasteiger partial charge in [-0.1, -0.05) is 103 Å². The Bertz CT molecular complexity index is 1650. The Kier molecular flexibility index (Phi) is 9.78. The van der Waals surface area contributed by atoms with Crippen LogP contribution in [0.25, 0.3) is 11.1 Å². The number of hydrogen-bond acceptors (Lipinski definition) is 3. The summed E-state index contributed by atoms with van der Waals surface area (Å²) in [5.74, 6) is -0.643. The molecule has 4 aromatic rings. The molecule has 4 aromatic carbocycles. The average molecular weight is 640 g/mol. The van der Waals surface area contributed by atoms with Gasteiger partial charge in [-0.25, -0.2) is 0 Å². The molecule has 0 spiro atoms. The molecule has 0 bridgehead atoms. The highest BCUT2D eigenvalue weighted by atomic mass is 19.4. The van der Waals surface area contributed by atoms with E-state index >= 15 is 0 Å². The zero-order chi connectivity index (χ0) is 32.9. The fourth-order valence-electron chi connectivity index (χ4n) is 7.29. The number of unbranched alkanes of at least 4 members (excludes halogenated alkanes) is 1. The average Bonchev–Trinajstić information content (AvgIpc) is 3.37. The molecule has 1 fully saturated rings. The number of nitrogens with zero attached hydrogens (tertiary/aromatic N) is 1. The molecule has 2 N–H and O–H groups in total. The van der Waals surface area contributed by atoms with Gasteiger partial charge in [-0.15, -0.1) is 0 Å². The van der Waals surface area contributed by atoms with Crippen molar-refractivity contribution in [2.24, 2.45) is 0 Å². The molecule has 5 nitrogen and oxygen atoms in total. The first-order chi connectivity index (χ1) is 22.7. The molecule has 47 heavy (non-hydrogen) atoms. The van der Waals surface area contributed by atoms with Gasteiger partial charge >= 0.3 is 6.18 Å². The number of fused-ring (bicyclic) bond motifs is 3. The van der Waals surface area contributed by atoms with E-state index in [1.807, 2.05) is 91.0 Å². The summed E-state index contributed by atoms with van der Waals surface area (Å²) in [6.07, 6.45) is -0.204. The van der Waals surface area contributed by atoms with Gasteiger partial charge in [0.25, 0.3) is 5.91 Å². The molecule has 0 unspecified atom stereocenters. The summed E-state index contributed by atoms with van der Waals surface area (Å²) < 4.78 is 39.5. The van der Waals surface area contributed by atoms with Gasteiger partial charge in [0.2, 0.25) is 5.91 Å². The summed E-state index contributed by atoms with van der Waals surface area (Å²) in [6.45, 7) is 1.16. The molecular weight excluding hydrogens is 599 g/mol. The van der Waals surface area contributed by atoms with Crippen LogP contribution in [0.3, 0.4) is 0 Å². The third-order valence-electron chi connectivity index (χ3n) is 9.60. The van der Waals surface area contributed by atoms with Gasteiger partial charge < -0.3 is 15.5 Å². The first-order valence-electron chi connectivity index (χ1n) is 16.4. The molecule has 1 aliphatic heterocycles. The van der Waals surface area contributed by atoms with Crippen molar-refractivity contribution < 1.29 is 22.8 Å². The number of rotatable bonds is 11. The van der Waals surface area contributed by atoms with E-state index in [0.29, 0.717) is 24.8 Å². The van der Waals surface area contributed by atoms with Gasteiger partial charge in [0, 0.05) is 24.7 Å². The van der Waals surface area contributed by atoms with Crippen LogP contribution in [-0.4, -0.2) is 55.1 Å². The molecule has 0 radical (unpaired) electrons. The van der Waals surface area contributed by atoms with Gasteiger partial charge in [0.15, 0.2) is 0 Å². The SMILES string of the molecule is O=C(NC1CCN(CCCCC2(C(=O)NCC(F)(F)F)c3ccccc3-c3ccccc32)CC1)c1ccccc1Cc1ccccc1. The fraction of sp³-hybridized carbons (Fsp3) is 0.333. The summed E-state index contributed by atoms with van der Waals surface area (Å²) in [5, 5.41) is 5.47. The molecule has 244 valence electrons. The van der Waals surface area contributed by atoms with Crippen molar-refractivity contribution in [1.82, 2.24) is 15.5 Å². The first kappa shape index (κ1) is 32.5. The van der Waals surface area contributed by atoms with Gasteiger partial charge in [-0.05, 0) is 78.1 Å². The molecule has 2 aliphatic rings. The summed E-state index contributed by atoms with van der Waals surface area (Å²) in [4.78, 5) is 29.4. The quantitative estimate of drug-likeness (QED) is 0.170. The van der Waals surface area contributed by atoms with Gasteiger partial charge in [0.1, 0.15) is 12.0 Å².